The van der Waals surface area contributed by atoms with Crippen LogP contribution in [0.1, 0.15) is 15.9 Å². The Hall–Kier alpha value is -2.79. The molecule has 25 heavy (non-hydrogen) atoms. The van der Waals surface area contributed by atoms with Gasteiger partial charge in [-0.2, -0.15) is 0 Å². The molecule has 0 unspecified atom stereocenters. The summed E-state index contributed by atoms with van der Waals surface area (Å²) < 4.78 is 33.1. The van der Waals surface area contributed by atoms with E-state index in [1.165, 1.54) is 24.3 Å². The van der Waals surface area contributed by atoms with Gasteiger partial charge in [-0.3, -0.25) is 4.79 Å². The fourth-order valence-corrected chi connectivity index (χ4v) is 2.42. The lowest BCUT2D eigenvalue weighted by atomic mass is 10.1. The van der Waals surface area contributed by atoms with Crippen molar-refractivity contribution in [1.29, 1.82) is 0 Å². The molecule has 0 fully saturated rings. The normalized spacial score (nSPS) is 10.6. The summed E-state index contributed by atoms with van der Waals surface area (Å²) in [6.07, 6.45) is 0.567. The third-order valence-electron chi connectivity index (χ3n) is 3.54. The van der Waals surface area contributed by atoms with Gasteiger partial charge in [0.1, 0.15) is 5.75 Å². The number of benzene rings is 2. The number of nitrogens with zero attached hydrogens (tertiary/aromatic N) is 1. The number of halogens is 3. The molecule has 3 rings (SSSR count). The van der Waals surface area contributed by atoms with Crippen LogP contribution < -0.4 is 4.74 Å². The van der Waals surface area contributed by atoms with Crippen LogP contribution >= 0.6 is 11.6 Å². The lowest BCUT2D eigenvalue weighted by Crippen LogP contribution is -1.98. The fourth-order valence-electron chi connectivity index (χ4n) is 2.27. The van der Waals surface area contributed by atoms with Crippen LogP contribution in [0, 0.1) is 18.6 Å². The number of aromatic nitrogens is 1. The van der Waals surface area contributed by atoms with Gasteiger partial charge in [0.2, 0.25) is 5.88 Å². The van der Waals surface area contributed by atoms with E-state index in [2.05, 4.69) is 4.98 Å². The first kappa shape index (κ1) is 17.0. The zero-order valence-corrected chi connectivity index (χ0v) is 13.8. The first-order valence-electron chi connectivity index (χ1n) is 7.34. The summed E-state index contributed by atoms with van der Waals surface area (Å²) in [6, 6.07) is 11.8. The summed E-state index contributed by atoms with van der Waals surface area (Å²) >= 11 is 6.09. The van der Waals surface area contributed by atoms with Crippen molar-refractivity contribution in [2.24, 2.45) is 0 Å². The molecular formula is C19H12ClF2NO2. The maximum absolute atomic E-state index is 14.0. The lowest BCUT2D eigenvalue weighted by molar-refractivity contribution is 0.112. The Morgan fingerprint density at radius 1 is 1.12 bits per heavy atom. The van der Waals surface area contributed by atoms with E-state index in [9.17, 15) is 13.6 Å². The molecule has 0 aliphatic carbocycles. The molecule has 3 aromatic rings. The minimum absolute atomic E-state index is 0.0300. The number of carbonyl (C=O) groups excluding carboxylic acids is 1. The predicted molar refractivity (Wildman–Crippen MR) is 91.2 cm³/mol. The van der Waals surface area contributed by atoms with Crippen molar-refractivity contribution in [3.63, 3.8) is 0 Å². The van der Waals surface area contributed by atoms with Gasteiger partial charge in [-0.15, -0.1) is 0 Å². The SMILES string of the molecule is Cc1ccc(Cl)c(Oc2nc(-c3cccc(F)c3F)ccc2C=O)c1. The van der Waals surface area contributed by atoms with E-state index in [1.807, 2.05) is 13.0 Å². The maximum Gasteiger partial charge on any atom is 0.230 e. The number of ether oxygens (including phenoxy) is 1. The first-order valence-corrected chi connectivity index (χ1v) is 7.72. The standard InChI is InChI=1S/C19H12ClF2NO2/c1-11-5-7-14(20)17(9-11)25-19-12(10-24)6-8-16(23-19)13-3-2-4-15(21)18(13)22/h2-10H,1H3. The molecule has 0 aliphatic rings. The van der Waals surface area contributed by atoms with E-state index in [1.54, 1.807) is 12.1 Å². The minimum atomic E-state index is -1.02. The molecule has 0 N–H and O–H groups in total. The van der Waals surface area contributed by atoms with Crippen molar-refractivity contribution < 1.29 is 18.3 Å². The van der Waals surface area contributed by atoms with E-state index < -0.39 is 11.6 Å². The highest BCUT2D eigenvalue weighted by molar-refractivity contribution is 6.32. The molecule has 0 saturated heterocycles. The van der Waals surface area contributed by atoms with Crippen LogP contribution in [0.2, 0.25) is 5.02 Å². The highest BCUT2D eigenvalue weighted by Gasteiger charge is 2.15. The lowest BCUT2D eigenvalue weighted by Gasteiger charge is -2.11. The summed E-state index contributed by atoms with van der Waals surface area (Å²) in [5.74, 6) is -1.73. The van der Waals surface area contributed by atoms with Crippen LogP contribution in [0.4, 0.5) is 8.78 Å². The summed E-state index contributed by atoms with van der Waals surface area (Å²) in [4.78, 5) is 15.4. The van der Waals surface area contributed by atoms with Crippen molar-refractivity contribution >= 4 is 17.9 Å². The Morgan fingerprint density at radius 2 is 1.92 bits per heavy atom. The smallest absolute Gasteiger partial charge is 0.230 e. The number of pyridine rings is 1. The van der Waals surface area contributed by atoms with Crippen molar-refractivity contribution in [2.75, 3.05) is 0 Å². The van der Waals surface area contributed by atoms with Gasteiger partial charge in [-0.05, 0) is 48.9 Å². The number of aryl methyl sites for hydroxylation is 1. The molecule has 0 amide bonds. The van der Waals surface area contributed by atoms with Crippen molar-refractivity contribution in [1.82, 2.24) is 4.98 Å². The summed E-state index contributed by atoms with van der Waals surface area (Å²) in [6.45, 7) is 1.86. The van der Waals surface area contributed by atoms with Gasteiger partial charge in [-0.1, -0.05) is 23.7 Å². The van der Waals surface area contributed by atoms with Gasteiger partial charge in [0.15, 0.2) is 17.9 Å². The molecule has 1 aromatic heterocycles. The second-order valence-electron chi connectivity index (χ2n) is 5.35. The van der Waals surface area contributed by atoms with Gasteiger partial charge in [0, 0.05) is 5.56 Å². The number of carbonyl (C=O) groups is 1. The van der Waals surface area contributed by atoms with Crippen LogP contribution in [0.25, 0.3) is 11.3 Å². The van der Waals surface area contributed by atoms with E-state index in [0.29, 0.717) is 17.1 Å². The quantitative estimate of drug-likeness (QED) is 0.570. The van der Waals surface area contributed by atoms with Crippen LogP contribution in [-0.4, -0.2) is 11.3 Å². The zero-order chi connectivity index (χ0) is 18.0. The molecule has 0 bridgehead atoms. The second kappa shape index (κ2) is 6.99. The topological polar surface area (TPSA) is 39.2 Å². The van der Waals surface area contributed by atoms with Crippen molar-refractivity contribution in [3.05, 3.63) is 76.3 Å². The van der Waals surface area contributed by atoms with E-state index in [4.69, 9.17) is 16.3 Å². The summed E-state index contributed by atoms with van der Waals surface area (Å²) in [7, 11) is 0. The molecule has 6 heteroatoms. The van der Waals surface area contributed by atoms with Crippen molar-refractivity contribution in [2.45, 2.75) is 6.92 Å². The van der Waals surface area contributed by atoms with Crippen LogP contribution in [0.15, 0.2) is 48.5 Å². The van der Waals surface area contributed by atoms with Crippen LogP contribution in [0.5, 0.6) is 11.6 Å². The van der Waals surface area contributed by atoms with Gasteiger partial charge in [-0.25, -0.2) is 13.8 Å². The first-order chi connectivity index (χ1) is 12.0. The summed E-state index contributed by atoms with van der Waals surface area (Å²) in [5, 5.41) is 0.339. The van der Waals surface area contributed by atoms with Gasteiger partial charge in [0.05, 0.1) is 16.3 Å². The fraction of sp³-hybridized carbons (Fsp3) is 0.0526. The highest BCUT2D eigenvalue weighted by Crippen LogP contribution is 2.32. The second-order valence-corrected chi connectivity index (χ2v) is 5.75. The highest BCUT2D eigenvalue weighted by atomic mass is 35.5. The molecule has 3 nitrogen and oxygen atoms in total. The molecule has 2 aromatic carbocycles. The molecule has 0 spiro atoms. The molecule has 1 heterocycles. The third kappa shape index (κ3) is 3.51. The number of rotatable bonds is 4. The molecule has 126 valence electrons. The zero-order valence-electron chi connectivity index (χ0n) is 13.1. The monoisotopic (exact) mass is 359 g/mol. The molecular weight excluding hydrogens is 348 g/mol. The number of hydrogen-bond acceptors (Lipinski definition) is 3. The van der Waals surface area contributed by atoms with E-state index in [0.717, 1.165) is 11.6 Å². The third-order valence-corrected chi connectivity index (χ3v) is 3.85. The molecule has 0 aliphatic heterocycles. The average Bonchev–Trinajstić information content (AvgIpc) is 2.60. The Morgan fingerprint density at radius 3 is 2.68 bits per heavy atom. The van der Waals surface area contributed by atoms with Crippen molar-refractivity contribution in [3.8, 4) is 22.9 Å². The minimum Gasteiger partial charge on any atom is -0.437 e. The Bertz CT molecular complexity index is 960. The van der Waals surface area contributed by atoms with Gasteiger partial charge < -0.3 is 4.74 Å². The maximum atomic E-state index is 14.0. The summed E-state index contributed by atoms with van der Waals surface area (Å²) in [5.41, 5.74) is 1.18. The number of hydrogen-bond donors (Lipinski definition) is 0. The van der Waals surface area contributed by atoms with Gasteiger partial charge >= 0.3 is 0 Å². The molecule has 0 saturated carbocycles. The van der Waals surface area contributed by atoms with Crippen LogP contribution in [0.3, 0.4) is 0 Å². The van der Waals surface area contributed by atoms with Crippen LogP contribution in [-0.2, 0) is 0 Å². The Balaban J connectivity index is 2.08. The predicted octanol–water partition coefficient (Wildman–Crippen LogP) is 5.59. The number of aldehydes is 1. The largest absolute Gasteiger partial charge is 0.437 e. The van der Waals surface area contributed by atoms with Gasteiger partial charge in [0.25, 0.3) is 0 Å². The Kier molecular flexibility index (Phi) is 4.76. The molecule has 0 atom stereocenters. The Labute approximate surface area is 147 Å². The van der Waals surface area contributed by atoms with E-state index >= 15 is 0 Å². The molecule has 0 radical (unpaired) electrons. The average molecular weight is 360 g/mol. The van der Waals surface area contributed by atoms with E-state index in [-0.39, 0.29) is 22.7 Å².